The SMILES string of the molecule is CC(C)(C)OC(=O)C[C@@H]1c2ccccc2NC(=O)N1c1ccc(I)cc1.CC(C)(C)OC(=O)C[C@@H]1c2ccccc2NC(=O)N1c1ccc(I)cc1. The number of hydrogen-bond acceptors (Lipinski definition) is 6. The summed E-state index contributed by atoms with van der Waals surface area (Å²) in [5, 5.41) is 5.82. The first kappa shape index (κ1) is 39.0. The van der Waals surface area contributed by atoms with Gasteiger partial charge < -0.3 is 20.1 Å². The van der Waals surface area contributed by atoms with Crippen molar-refractivity contribution in [1.29, 1.82) is 0 Å². The summed E-state index contributed by atoms with van der Waals surface area (Å²) in [7, 11) is 0. The van der Waals surface area contributed by atoms with Crippen molar-refractivity contribution in [2.45, 2.75) is 77.7 Å². The van der Waals surface area contributed by atoms with Crippen LogP contribution in [0.3, 0.4) is 0 Å². The number of para-hydroxylation sites is 2. The zero-order chi connectivity index (χ0) is 37.8. The van der Waals surface area contributed by atoms with Crippen LogP contribution in [0.25, 0.3) is 0 Å². The van der Waals surface area contributed by atoms with Gasteiger partial charge in [0.1, 0.15) is 11.2 Å². The van der Waals surface area contributed by atoms with Crippen LogP contribution in [0.1, 0.15) is 77.6 Å². The predicted molar refractivity (Wildman–Crippen MR) is 221 cm³/mol. The van der Waals surface area contributed by atoms with Crippen LogP contribution >= 0.6 is 45.2 Å². The monoisotopic (exact) mass is 928 g/mol. The number of benzene rings is 4. The minimum Gasteiger partial charge on any atom is -0.460 e. The van der Waals surface area contributed by atoms with Gasteiger partial charge in [0.05, 0.1) is 24.9 Å². The highest BCUT2D eigenvalue weighted by Gasteiger charge is 2.37. The van der Waals surface area contributed by atoms with E-state index in [0.717, 1.165) is 41.0 Å². The summed E-state index contributed by atoms with van der Waals surface area (Å²) < 4.78 is 13.1. The van der Waals surface area contributed by atoms with E-state index in [9.17, 15) is 19.2 Å². The Morgan fingerprint density at radius 2 is 0.904 bits per heavy atom. The average Bonchev–Trinajstić information content (AvgIpc) is 3.05. The molecule has 0 saturated carbocycles. The van der Waals surface area contributed by atoms with Gasteiger partial charge in [-0.15, -0.1) is 0 Å². The fourth-order valence-electron chi connectivity index (χ4n) is 6.00. The van der Waals surface area contributed by atoms with Gasteiger partial charge in [0.2, 0.25) is 0 Å². The van der Waals surface area contributed by atoms with Crippen molar-refractivity contribution in [3.63, 3.8) is 0 Å². The van der Waals surface area contributed by atoms with Gasteiger partial charge in [0.25, 0.3) is 0 Å². The molecule has 0 saturated heterocycles. The first-order valence-electron chi connectivity index (χ1n) is 16.8. The molecule has 12 heteroatoms. The molecule has 0 aromatic heterocycles. The van der Waals surface area contributed by atoms with E-state index in [0.29, 0.717) is 0 Å². The van der Waals surface area contributed by atoms with Crippen LogP contribution in [0.2, 0.25) is 0 Å². The van der Waals surface area contributed by atoms with Crippen molar-refractivity contribution in [2.24, 2.45) is 0 Å². The van der Waals surface area contributed by atoms with Crippen molar-refractivity contribution in [3.05, 3.63) is 115 Å². The highest BCUT2D eigenvalue weighted by molar-refractivity contribution is 14.1. The van der Waals surface area contributed by atoms with Crippen LogP contribution in [-0.2, 0) is 19.1 Å². The molecule has 0 spiro atoms. The van der Waals surface area contributed by atoms with Crippen molar-refractivity contribution in [2.75, 3.05) is 20.4 Å². The number of hydrogen-bond donors (Lipinski definition) is 2. The number of halogens is 2. The Kier molecular flexibility index (Phi) is 12.2. The second-order valence-corrected chi connectivity index (χ2v) is 16.8. The Hall–Kier alpha value is -4.18. The topological polar surface area (TPSA) is 117 Å². The van der Waals surface area contributed by atoms with Gasteiger partial charge in [-0.1, -0.05) is 36.4 Å². The number of nitrogens with one attached hydrogen (secondary N) is 2. The maximum absolute atomic E-state index is 12.8. The van der Waals surface area contributed by atoms with Crippen molar-refractivity contribution >= 4 is 91.9 Å². The third-order valence-electron chi connectivity index (χ3n) is 7.95. The minimum atomic E-state index is -0.568. The molecule has 4 aromatic carbocycles. The van der Waals surface area contributed by atoms with Crippen LogP contribution in [-0.4, -0.2) is 35.2 Å². The van der Waals surface area contributed by atoms with Gasteiger partial charge in [-0.2, -0.15) is 0 Å². The molecule has 2 heterocycles. The molecular formula is C40H42I2N4O6. The zero-order valence-corrected chi connectivity index (χ0v) is 34.2. The van der Waals surface area contributed by atoms with E-state index in [1.165, 1.54) is 0 Å². The Balaban J connectivity index is 0.000000201. The van der Waals surface area contributed by atoms with E-state index in [-0.39, 0.29) is 36.8 Å². The summed E-state index contributed by atoms with van der Waals surface area (Å²) in [6.07, 6.45) is 0.182. The molecule has 6 rings (SSSR count). The second-order valence-electron chi connectivity index (χ2n) is 14.3. The van der Waals surface area contributed by atoms with E-state index in [1.54, 1.807) is 9.80 Å². The maximum atomic E-state index is 12.8. The number of urea groups is 2. The van der Waals surface area contributed by atoms with E-state index in [4.69, 9.17) is 9.47 Å². The molecule has 0 bridgehead atoms. The summed E-state index contributed by atoms with van der Waals surface area (Å²) in [5.41, 5.74) is 3.60. The van der Waals surface area contributed by atoms with Crippen molar-refractivity contribution in [3.8, 4) is 0 Å². The number of anilines is 4. The zero-order valence-electron chi connectivity index (χ0n) is 29.9. The highest BCUT2D eigenvalue weighted by Crippen LogP contribution is 2.40. The summed E-state index contributed by atoms with van der Waals surface area (Å²) in [6.45, 7) is 11.0. The third kappa shape index (κ3) is 10.0. The lowest BCUT2D eigenvalue weighted by atomic mass is 9.97. The van der Waals surface area contributed by atoms with Crippen LogP contribution in [0, 0.1) is 7.14 Å². The van der Waals surface area contributed by atoms with E-state index >= 15 is 0 Å². The Morgan fingerprint density at radius 3 is 1.23 bits per heavy atom. The number of fused-ring (bicyclic) bond motifs is 2. The smallest absolute Gasteiger partial charge is 0.326 e. The molecule has 0 fully saturated rings. The van der Waals surface area contributed by atoms with Gasteiger partial charge >= 0.3 is 24.0 Å². The molecule has 0 aliphatic carbocycles. The van der Waals surface area contributed by atoms with Crippen LogP contribution in [0.15, 0.2) is 97.1 Å². The molecule has 2 atom stereocenters. The number of nitrogens with zero attached hydrogens (tertiary/aromatic N) is 2. The van der Waals surface area contributed by atoms with E-state index in [2.05, 4.69) is 55.8 Å². The second kappa shape index (κ2) is 16.2. The normalized spacial score (nSPS) is 16.7. The quantitative estimate of drug-likeness (QED) is 0.147. The number of ether oxygens (including phenoxy) is 2. The molecule has 2 aliphatic rings. The fourth-order valence-corrected chi connectivity index (χ4v) is 6.72. The van der Waals surface area contributed by atoms with Crippen LogP contribution in [0.4, 0.5) is 32.3 Å². The van der Waals surface area contributed by atoms with E-state index < -0.39 is 23.3 Å². The van der Waals surface area contributed by atoms with Gasteiger partial charge in [-0.05, 0) is 159 Å². The summed E-state index contributed by atoms with van der Waals surface area (Å²) in [4.78, 5) is 53.8. The van der Waals surface area contributed by atoms with Crippen LogP contribution in [0.5, 0.6) is 0 Å². The first-order chi connectivity index (χ1) is 24.5. The molecule has 10 nitrogen and oxygen atoms in total. The molecule has 272 valence electrons. The molecule has 52 heavy (non-hydrogen) atoms. The van der Waals surface area contributed by atoms with Gasteiger partial charge in [-0.3, -0.25) is 19.4 Å². The Labute approximate surface area is 331 Å². The lowest BCUT2D eigenvalue weighted by Crippen LogP contribution is -2.43. The molecule has 4 amide bonds. The maximum Gasteiger partial charge on any atom is 0.326 e. The van der Waals surface area contributed by atoms with E-state index in [1.807, 2.05) is 139 Å². The standard InChI is InChI=1S/2C20H21IN2O3/c2*1-20(2,3)26-18(24)12-17-15-6-4-5-7-16(15)22-19(25)23(17)14-10-8-13(21)9-11-14/h2*4-11,17H,12H2,1-3H3,(H,22,25)/t2*17-/m11/s1. The lowest BCUT2D eigenvalue weighted by molar-refractivity contribution is -0.156. The molecule has 0 radical (unpaired) electrons. The largest absolute Gasteiger partial charge is 0.460 e. The lowest BCUT2D eigenvalue weighted by Gasteiger charge is -2.37. The van der Waals surface area contributed by atoms with Crippen molar-refractivity contribution in [1.82, 2.24) is 0 Å². The summed E-state index contributed by atoms with van der Waals surface area (Å²) in [5.74, 6) is -0.662. The van der Waals surface area contributed by atoms with Gasteiger partial charge in [0.15, 0.2) is 0 Å². The molecule has 4 aromatic rings. The number of carbonyl (C=O) groups excluding carboxylic acids is 4. The molecule has 2 N–H and O–H groups in total. The van der Waals surface area contributed by atoms with Crippen LogP contribution < -0.4 is 20.4 Å². The average molecular weight is 929 g/mol. The number of rotatable bonds is 6. The summed E-state index contributed by atoms with van der Waals surface area (Å²) in [6, 6.07) is 29.1. The third-order valence-corrected chi connectivity index (χ3v) is 9.39. The molecule has 0 unspecified atom stereocenters. The number of amides is 4. The Bertz CT molecular complexity index is 1800. The minimum absolute atomic E-state index is 0.0910. The fraction of sp³-hybridized carbons (Fsp3) is 0.300. The number of carbonyl (C=O) groups is 4. The van der Waals surface area contributed by atoms with Gasteiger partial charge in [-0.25, -0.2) is 9.59 Å². The van der Waals surface area contributed by atoms with Gasteiger partial charge in [0, 0.05) is 29.9 Å². The first-order valence-corrected chi connectivity index (χ1v) is 19.0. The predicted octanol–water partition coefficient (Wildman–Crippen LogP) is 10.2. The van der Waals surface area contributed by atoms with Crippen molar-refractivity contribution < 1.29 is 28.7 Å². The molecule has 2 aliphatic heterocycles. The summed E-state index contributed by atoms with van der Waals surface area (Å²) >= 11 is 4.44. The highest BCUT2D eigenvalue weighted by atomic mass is 127. The Morgan fingerprint density at radius 1 is 0.577 bits per heavy atom. The molecular weight excluding hydrogens is 886 g/mol. The number of esters is 2.